The molecule has 0 aromatic rings. The maximum Gasteiger partial charge on any atom is -0.0414 e. The van der Waals surface area contributed by atoms with E-state index in [4.69, 9.17) is 0 Å². The fourth-order valence-corrected chi connectivity index (χ4v) is 2.41. The zero-order valence-corrected chi connectivity index (χ0v) is 11.8. The molecule has 0 aromatic carbocycles. The first-order valence-corrected chi connectivity index (χ1v) is 7.64. The summed E-state index contributed by atoms with van der Waals surface area (Å²) in [6, 6.07) is 0. The van der Waals surface area contributed by atoms with Crippen molar-refractivity contribution in [3.8, 4) is 0 Å². The van der Waals surface area contributed by atoms with Crippen LogP contribution >= 0.6 is 0 Å². The minimum absolute atomic E-state index is 1.00. The number of hydrogen-bond acceptors (Lipinski definition) is 0. The number of unbranched alkanes of at least 4 members (excludes halogenated alkanes) is 6. The lowest BCUT2D eigenvalue weighted by Crippen LogP contribution is -2.01. The molecule has 1 atom stereocenters. The zero-order valence-electron chi connectivity index (χ0n) is 11.8. The van der Waals surface area contributed by atoms with E-state index in [1.54, 1.807) is 0 Å². The van der Waals surface area contributed by atoms with E-state index in [9.17, 15) is 0 Å². The van der Waals surface area contributed by atoms with Crippen molar-refractivity contribution in [2.75, 3.05) is 0 Å². The highest BCUT2D eigenvalue weighted by Gasteiger charge is 2.07. The summed E-state index contributed by atoms with van der Waals surface area (Å²) in [5.74, 6) is 1.00. The molecule has 0 nitrogen and oxygen atoms in total. The number of hydrogen-bond donors (Lipinski definition) is 0. The van der Waals surface area contributed by atoms with E-state index >= 15 is 0 Å². The molecule has 0 aliphatic heterocycles. The minimum atomic E-state index is 1.00. The maximum atomic E-state index is 3.96. The summed E-state index contributed by atoms with van der Waals surface area (Å²) in [6.07, 6.45) is 16.8. The lowest BCUT2D eigenvalue weighted by molar-refractivity contribution is 0.376. The van der Waals surface area contributed by atoms with Gasteiger partial charge in [-0.25, -0.2) is 0 Å². The Hall–Kier alpha value is 0. The van der Waals surface area contributed by atoms with E-state index in [1.807, 2.05) is 0 Å². The molecule has 0 bridgehead atoms. The Bertz CT molecular complexity index is 117. The lowest BCUT2D eigenvalue weighted by atomic mass is 9.90. The fourth-order valence-electron chi connectivity index (χ4n) is 2.41. The Kier molecular flexibility index (Phi) is 13.1. The van der Waals surface area contributed by atoms with Crippen molar-refractivity contribution < 1.29 is 0 Å². The van der Waals surface area contributed by atoms with Crippen LogP contribution in [-0.2, 0) is 0 Å². The molecule has 0 aliphatic carbocycles. The molecule has 0 amide bonds. The van der Waals surface area contributed by atoms with Crippen LogP contribution in [0.25, 0.3) is 0 Å². The van der Waals surface area contributed by atoms with Gasteiger partial charge in [-0.2, -0.15) is 0 Å². The van der Waals surface area contributed by atoms with Crippen molar-refractivity contribution in [2.24, 2.45) is 5.92 Å². The highest BCUT2D eigenvalue weighted by atomic mass is 14.1. The van der Waals surface area contributed by atoms with Crippen LogP contribution in [0.5, 0.6) is 0 Å². The second kappa shape index (κ2) is 13.1. The fraction of sp³-hybridized carbons (Fsp3) is 0.938. The molecule has 0 fully saturated rings. The van der Waals surface area contributed by atoms with Gasteiger partial charge in [-0.05, 0) is 5.92 Å². The van der Waals surface area contributed by atoms with E-state index in [2.05, 4.69) is 20.8 Å². The average molecular weight is 225 g/mol. The third-order valence-electron chi connectivity index (χ3n) is 3.54. The zero-order chi connectivity index (χ0) is 12.1. The molecular weight excluding hydrogens is 192 g/mol. The van der Waals surface area contributed by atoms with Crippen molar-refractivity contribution in [3.05, 3.63) is 6.92 Å². The SMILES string of the molecule is [CH2]CCCC(CCCCC)CCCCCC. The highest BCUT2D eigenvalue weighted by Crippen LogP contribution is 2.23. The quantitative estimate of drug-likeness (QED) is 0.349. The Morgan fingerprint density at radius 1 is 0.688 bits per heavy atom. The molecule has 0 heterocycles. The molecule has 0 spiro atoms. The molecule has 0 aromatic heterocycles. The minimum Gasteiger partial charge on any atom is -0.0654 e. The molecule has 0 heteroatoms. The molecule has 1 radical (unpaired) electrons. The van der Waals surface area contributed by atoms with Gasteiger partial charge in [0, 0.05) is 0 Å². The van der Waals surface area contributed by atoms with Crippen LogP contribution in [0.2, 0.25) is 0 Å². The summed E-state index contributed by atoms with van der Waals surface area (Å²) in [5.41, 5.74) is 0. The van der Waals surface area contributed by atoms with Gasteiger partial charge in [0.2, 0.25) is 0 Å². The maximum absolute atomic E-state index is 3.96. The summed E-state index contributed by atoms with van der Waals surface area (Å²) in [4.78, 5) is 0. The van der Waals surface area contributed by atoms with Gasteiger partial charge in [0.05, 0.1) is 0 Å². The van der Waals surface area contributed by atoms with Crippen molar-refractivity contribution in [3.63, 3.8) is 0 Å². The average Bonchev–Trinajstić information content (AvgIpc) is 2.31. The molecule has 0 aliphatic rings. The van der Waals surface area contributed by atoms with Crippen LogP contribution in [0.3, 0.4) is 0 Å². The van der Waals surface area contributed by atoms with Crippen LogP contribution in [0.1, 0.15) is 90.9 Å². The van der Waals surface area contributed by atoms with Crippen molar-refractivity contribution in [1.82, 2.24) is 0 Å². The summed E-state index contributed by atoms with van der Waals surface area (Å²) in [7, 11) is 0. The summed E-state index contributed by atoms with van der Waals surface area (Å²) in [5, 5.41) is 0. The lowest BCUT2D eigenvalue weighted by Gasteiger charge is -2.16. The van der Waals surface area contributed by atoms with Gasteiger partial charge in [-0.3, -0.25) is 0 Å². The van der Waals surface area contributed by atoms with Gasteiger partial charge in [0.15, 0.2) is 0 Å². The van der Waals surface area contributed by atoms with Gasteiger partial charge < -0.3 is 0 Å². The van der Waals surface area contributed by atoms with E-state index in [1.165, 1.54) is 70.6 Å². The van der Waals surface area contributed by atoms with Crippen molar-refractivity contribution in [2.45, 2.75) is 90.9 Å². The van der Waals surface area contributed by atoms with Crippen LogP contribution in [-0.4, -0.2) is 0 Å². The van der Waals surface area contributed by atoms with E-state index in [-0.39, 0.29) is 0 Å². The third-order valence-corrected chi connectivity index (χ3v) is 3.54. The van der Waals surface area contributed by atoms with Gasteiger partial charge in [-0.1, -0.05) is 97.8 Å². The second-order valence-electron chi connectivity index (χ2n) is 5.21. The molecule has 0 saturated carbocycles. The molecule has 97 valence electrons. The number of rotatable bonds is 12. The van der Waals surface area contributed by atoms with Gasteiger partial charge in [0.25, 0.3) is 0 Å². The summed E-state index contributed by atoms with van der Waals surface area (Å²) < 4.78 is 0. The monoisotopic (exact) mass is 225 g/mol. The molecule has 0 saturated heterocycles. The van der Waals surface area contributed by atoms with E-state index in [0.29, 0.717) is 0 Å². The first-order valence-electron chi connectivity index (χ1n) is 7.64. The topological polar surface area (TPSA) is 0 Å². The second-order valence-corrected chi connectivity index (χ2v) is 5.21. The van der Waals surface area contributed by atoms with Crippen LogP contribution in [0.15, 0.2) is 0 Å². The van der Waals surface area contributed by atoms with Crippen LogP contribution < -0.4 is 0 Å². The van der Waals surface area contributed by atoms with Crippen molar-refractivity contribution >= 4 is 0 Å². The van der Waals surface area contributed by atoms with Gasteiger partial charge in [0.1, 0.15) is 0 Å². The van der Waals surface area contributed by atoms with Gasteiger partial charge in [-0.15, -0.1) is 0 Å². The smallest absolute Gasteiger partial charge is 0.0414 e. The van der Waals surface area contributed by atoms with E-state index in [0.717, 1.165) is 12.3 Å². The normalized spacial score (nSPS) is 12.9. The summed E-state index contributed by atoms with van der Waals surface area (Å²) in [6.45, 7) is 8.55. The molecule has 1 unspecified atom stereocenters. The Morgan fingerprint density at radius 2 is 1.19 bits per heavy atom. The summed E-state index contributed by atoms with van der Waals surface area (Å²) >= 11 is 0. The Balaban J connectivity index is 3.54. The Labute approximate surface area is 104 Å². The standard InChI is InChI=1S/C16H33/c1-4-7-10-12-15-16(13-9-6-3)14-11-8-5-2/h16H,3-15H2,1-2H3. The first-order chi connectivity index (χ1) is 7.85. The van der Waals surface area contributed by atoms with Crippen molar-refractivity contribution in [1.29, 1.82) is 0 Å². The van der Waals surface area contributed by atoms with Crippen LogP contribution in [0.4, 0.5) is 0 Å². The largest absolute Gasteiger partial charge is 0.0654 e. The predicted molar refractivity (Wildman–Crippen MR) is 75.6 cm³/mol. The molecule has 0 rings (SSSR count). The Morgan fingerprint density at radius 3 is 1.75 bits per heavy atom. The third kappa shape index (κ3) is 10.5. The first kappa shape index (κ1) is 16.0. The van der Waals surface area contributed by atoms with Gasteiger partial charge >= 0.3 is 0 Å². The highest BCUT2D eigenvalue weighted by molar-refractivity contribution is 4.61. The predicted octanol–water partition coefficient (Wildman–Crippen LogP) is 6.16. The van der Waals surface area contributed by atoms with E-state index < -0.39 is 0 Å². The molecule has 0 N–H and O–H groups in total. The molecule has 16 heavy (non-hydrogen) atoms. The van der Waals surface area contributed by atoms with Crippen LogP contribution in [0, 0.1) is 12.8 Å². The molecular formula is C16H33.